The second-order valence-electron chi connectivity index (χ2n) is 4.40. The Morgan fingerprint density at radius 2 is 1.50 bits per heavy atom. The minimum absolute atomic E-state index is 0.602. The molecular weight excluding hydrogens is 192 g/mol. The van der Waals surface area contributed by atoms with E-state index < -0.39 is 0 Å². The van der Waals surface area contributed by atoms with Crippen LogP contribution in [0.25, 0.3) is 0 Å². The molecule has 0 saturated carbocycles. The SMILES string of the molecule is CC=C(C)C1/C=C\CC/C=C\CC/C=C\C1. The lowest BCUT2D eigenvalue weighted by Gasteiger charge is -2.11. The average Bonchev–Trinajstić information content (AvgIpc) is 2.29. The largest absolute Gasteiger partial charge is 0.0882 e. The van der Waals surface area contributed by atoms with Crippen molar-refractivity contribution in [2.24, 2.45) is 5.92 Å². The highest BCUT2D eigenvalue weighted by atomic mass is 14.1. The Morgan fingerprint density at radius 3 is 2.12 bits per heavy atom. The lowest BCUT2D eigenvalue weighted by atomic mass is 9.95. The van der Waals surface area contributed by atoms with Gasteiger partial charge in [-0.2, -0.15) is 0 Å². The number of allylic oxidation sites excluding steroid dienone is 8. The Kier molecular flexibility index (Phi) is 6.64. The highest BCUT2D eigenvalue weighted by molar-refractivity contribution is 5.12. The molecule has 0 spiro atoms. The Hall–Kier alpha value is -1.04. The van der Waals surface area contributed by atoms with Crippen molar-refractivity contribution in [1.29, 1.82) is 0 Å². The van der Waals surface area contributed by atoms with Gasteiger partial charge < -0.3 is 0 Å². The molecule has 0 fully saturated rings. The molecule has 0 aromatic rings. The van der Waals surface area contributed by atoms with E-state index in [2.05, 4.69) is 56.4 Å². The van der Waals surface area contributed by atoms with Gasteiger partial charge in [0.05, 0.1) is 0 Å². The Morgan fingerprint density at radius 1 is 0.938 bits per heavy atom. The van der Waals surface area contributed by atoms with E-state index in [1.807, 2.05) is 0 Å². The first kappa shape index (κ1) is 13.0. The molecule has 0 heteroatoms. The van der Waals surface area contributed by atoms with Crippen molar-refractivity contribution >= 4 is 0 Å². The molecule has 1 aliphatic rings. The molecule has 0 aromatic carbocycles. The Balaban J connectivity index is 2.64. The van der Waals surface area contributed by atoms with Crippen molar-refractivity contribution in [3.8, 4) is 0 Å². The van der Waals surface area contributed by atoms with Crippen LogP contribution in [-0.2, 0) is 0 Å². The van der Waals surface area contributed by atoms with Gasteiger partial charge in [-0.3, -0.25) is 0 Å². The van der Waals surface area contributed by atoms with Crippen LogP contribution in [0.1, 0.15) is 46.0 Å². The highest BCUT2D eigenvalue weighted by Gasteiger charge is 2.03. The summed E-state index contributed by atoms with van der Waals surface area (Å²) in [6, 6.07) is 0. The molecule has 1 atom stereocenters. The summed E-state index contributed by atoms with van der Waals surface area (Å²) in [7, 11) is 0. The van der Waals surface area contributed by atoms with Crippen LogP contribution in [0.5, 0.6) is 0 Å². The molecule has 0 nitrogen and oxygen atoms in total. The topological polar surface area (TPSA) is 0 Å². The van der Waals surface area contributed by atoms with E-state index in [9.17, 15) is 0 Å². The Labute approximate surface area is 100 Å². The maximum absolute atomic E-state index is 2.37. The van der Waals surface area contributed by atoms with Crippen molar-refractivity contribution < 1.29 is 0 Å². The van der Waals surface area contributed by atoms with Crippen molar-refractivity contribution in [3.63, 3.8) is 0 Å². The van der Waals surface area contributed by atoms with E-state index in [0.717, 1.165) is 6.42 Å². The summed E-state index contributed by atoms with van der Waals surface area (Å²) in [6.45, 7) is 4.36. The highest BCUT2D eigenvalue weighted by Crippen LogP contribution is 2.18. The summed E-state index contributed by atoms with van der Waals surface area (Å²) < 4.78 is 0. The van der Waals surface area contributed by atoms with Gasteiger partial charge in [-0.1, -0.05) is 48.1 Å². The molecule has 0 saturated heterocycles. The van der Waals surface area contributed by atoms with Crippen LogP contribution >= 0.6 is 0 Å². The molecule has 0 heterocycles. The zero-order chi connectivity index (χ0) is 11.6. The molecule has 0 amide bonds. The maximum Gasteiger partial charge on any atom is 0.000835 e. The van der Waals surface area contributed by atoms with Gasteiger partial charge >= 0.3 is 0 Å². The standard InChI is InChI=1S/C16H24/c1-3-15(2)16-13-11-9-7-5-4-6-8-10-12-14-16/h3-5,10-13,16H,6-9,14H2,1-2H3/b5-4-,12-10-,13-11-,15-3?. The predicted octanol–water partition coefficient (Wildman–Crippen LogP) is 5.20. The van der Waals surface area contributed by atoms with Crippen LogP contribution in [0.2, 0.25) is 0 Å². The molecule has 0 aliphatic heterocycles. The smallest absolute Gasteiger partial charge is 0.000835 e. The maximum atomic E-state index is 2.37. The summed E-state index contributed by atoms with van der Waals surface area (Å²) in [5.74, 6) is 0.602. The molecule has 0 N–H and O–H groups in total. The molecular formula is C16H24. The van der Waals surface area contributed by atoms with E-state index in [0.29, 0.717) is 5.92 Å². The third-order valence-electron chi connectivity index (χ3n) is 3.13. The van der Waals surface area contributed by atoms with Gasteiger partial charge in [0.2, 0.25) is 0 Å². The van der Waals surface area contributed by atoms with Gasteiger partial charge in [-0.15, -0.1) is 0 Å². The van der Waals surface area contributed by atoms with Gasteiger partial charge in [-0.25, -0.2) is 0 Å². The third-order valence-corrected chi connectivity index (χ3v) is 3.13. The number of hydrogen-bond acceptors (Lipinski definition) is 0. The second-order valence-corrected chi connectivity index (χ2v) is 4.40. The van der Waals surface area contributed by atoms with Crippen LogP contribution in [0.3, 0.4) is 0 Å². The van der Waals surface area contributed by atoms with Gasteiger partial charge in [-0.05, 0) is 46.0 Å². The van der Waals surface area contributed by atoms with Crippen molar-refractivity contribution in [2.75, 3.05) is 0 Å². The quantitative estimate of drug-likeness (QED) is 0.528. The molecule has 0 bridgehead atoms. The molecule has 1 rings (SSSR count). The number of rotatable bonds is 1. The zero-order valence-corrected chi connectivity index (χ0v) is 10.7. The van der Waals surface area contributed by atoms with Crippen LogP contribution in [-0.4, -0.2) is 0 Å². The zero-order valence-electron chi connectivity index (χ0n) is 10.7. The summed E-state index contributed by atoms with van der Waals surface area (Å²) in [6.07, 6.45) is 22.1. The number of hydrogen-bond donors (Lipinski definition) is 0. The van der Waals surface area contributed by atoms with Gasteiger partial charge in [0.25, 0.3) is 0 Å². The molecule has 0 radical (unpaired) electrons. The first-order chi connectivity index (χ1) is 7.84. The van der Waals surface area contributed by atoms with E-state index >= 15 is 0 Å². The van der Waals surface area contributed by atoms with Crippen LogP contribution in [0.4, 0.5) is 0 Å². The van der Waals surface area contributed by atoms with Gasteiger partial charge in [0.15, 0.2) is 0 Å². The van der Waals surface area contributed by atoms with Crippen LogP contribution < -0.4 is 0 Å². The minimum Gasteiger partial charge on any atom is -0.0882 e. The summed E-state index contributed by atoms with van der Waals surface area (Å²) in [5.41, 5.74) is 1.48. The fourth-order valence-electron chi connectivity index (χ4n) is 1.87. The fourth-order valence-corrected chi connectivity index (χ4v) is 1.87. The minimum atomic E-state index is 0.602. The molecule has 88 valence electrons. The van der Waals surface area contributed by atoms with Crippen molar-refractivity contribution in [2.45, 2.75) is 46.0 Å². The van der Waals surface area contributed by atoms with Crippen molar-refractivity contribution in [3.05, 3.63) is 48.1 Å². The van der Waals surface area contributed by atoms with E-state index in [4.69, 9.17) is 0 Å². The molecule has 1 aliphatic carbocycles. The average molecular weight is 216 g/mol. The van der Waals surface area contributed by atoms with Crippen molar-refractivity contribution in [1.82, 2.24) is 0 Å². The van der Waals surface area contributed by atoms with E-state index in [-0.39, 0.29) is 0 Å². The van der Waals surface area contributed by atoms with Crippen LogP contribution in [0.15, 0.2) is 48.1 Å². The normalized spacial score (nSPS) is 29.9. The van der Waals surface area contributed by atoms with Gasteiger partial charge in [0.1, 0.15) is 0 Å². The Bertz CT molecular complexity index is 289. The molecule has 1 unspecified atom stereocenters. The molecule has 0 aromatic heterocycles. The fraction of sp³-hybridized carbons (Fsp3) is 0.500. The lowest BCUT2D eigenvalue weighted by molar-refractivity contribution is 0.763. The predicted molar refractivity (Wildman–Crippen MR) is 73.4 cm³/mol. The summed E-state index contributed by atoms with van der Waals surface area (Å²) in [5, 5.41) is 0. The first-order valence-electron chi connectivity index (χ1n) is 6.44. The van der Waals surface area contributed by atoms with Gasteiger partial charge in [0, 0.05) is 5.92 Å². The third kappa shape index (κ3) is 5.16. The molecule has 16 heavy (non-hydrogen) atoms. The second kappa shape index (κ2) is 8.15. The monoisotopic (exact) mass is 216 g/mol. The van der Waals surface area contributed by atoms with E-state index in [1.54, 1.807) is 0 Å². The first-order valence-corrected chi connectivity index (χ1v) is 6.44. The van der Waals surface area contributed by atoms with Crippen LogP contribution in [0, 0.1) is 5.92 Å². The summed E-state index contributed by atoms with van der Waals surface area (Å²) >= 11 is 0. The van der Waals surface area contributed by atoms with E-state index in [1.165, 1.54) is 31.3 Å². The summed E-state index contributed by atoms with van der Waals surface area (Å²) in [4.78, 5) is 0. The lowest BCUT2D eigenvalue weighted by Crippen LogP contribution is -1.96.